The maximum Gasteiger partial charge on any atom is 0.443 e. The van der Waals surface area contributed by atoms with E-state index in [-0.39, 0.29) is 10.5 Å². The van der Waals surface area contributed by atoms with Crippen molar-refractivity contribution >= 4 is 24.6 Å². The summed E-state index contributed by atoms with van der Waals surface area (Å²) in [6.07, 6.45) is -1.95. The van der Waals surface area contributed by atoms with Gasteiger partial charge in [-0.05, 0) is 12.1 Å². The molecule has 0 radical (unpaired) electrons. The molecule has 0 aliphatic heterocycles. The van der Waals surface area contributed by atoms with Gasteiger partial charge in [0.2, 0.25) is 0 Å². The SMILES string of the molecule is O=C(O)N(F)C(=O)c1ccccc1S. The maximum absolute atomic E-state index is 12.6. The molecule has 0 aromatic heterocycles. The first-order valence-corrected chi connectivity index (χ1v) is 4.00. The zero-order chi connectivity index (χ0) is 10.7. The predicted molar refractivity (Wildman–Crippen MR) is 49.0 cm³/mol. The Morgan fingerprint density at radius 2 is 1.93 bits per heavy atom. The smallest absolute Gasteiger partial charge is 0.443 e. The molecule has 0 unspecified atom stereocenters. The molecule has 0 saturated heterocycles. The summed E-state index contributed by atoms with van der Waals surface area (Å²) < 4.78 is 12.6. The molecule has 0 saturated carbocycles. The van der Waals surface area contributed by atoms with E-state index in [1.165, 1.54) is 18.2 Å². The summed E-state index contributed by atoms with van der Waals surface area (Å²) in [7, 11) is 0. The number of hydrogen-bond acceptors (Lipinski definition) is 3. The van der Waals surface area contributed by atoms with Gasteiger partial charge >= 0.3 is 6.09 Å². The standard InChI is InChI=1S/C8H6FNO3S/c9-10(8(12)13)7(11)5-3-1-2-4-6(5)14/h1-4,14H,(H,12,13). The minimum absolute atomic E-state index is 0.0965. The first-order chi connectivity index (χ1) is 6.54. The Hall–Kier alpha value is -1.56. The lowest BCUT2D eigenvalue weighted by Crippen LogP contribution is -2.28. The van der Waals surface area contributed by atoms with Crippen molar-refractivity contribution in [2.75, 3.05) is 0 Å². The highest BCUT2D eigenvalue weighted by molar-refractivity contribution is 7.80. The van der Waals surface area contributed by atoms with Crippen molar-refractivity contribution in [2.24, 2.45) is 0 Å². The molecule has 1 N–H and O–H groups in total. The molecule has 0 spiro atoms. The largest absolute Gasteiger partial charge is 0.463 e. The van der Waals surface area contributed by atoms with E-state index < -0.39 is 17.1 Å². The zero-order valence-electron chi connectivity index (χ0n) is 6.85. The second kappa shape index (κ2) is 4.10. The number of halogens is 1. The van der Waals surface area contributed by atoms with Gasteiger partial charge in [-0.3, -0.25) is 4.79 Å². The van der Waals surface area contributed by atoms with Gasteiger partial charge in [-0.1, -0.05) is 21.7 Å². The molecule has 0 heterocycles. The monoisotopic (exact) mass is 215 g/mol. The molecule has 1 aromatic rings. The number of hydrogen-bond donors (Lipinski definition) is 2. The molecule has 0 aliphatic rings. The van der Waals surface area contributed by atoms with Crippen molar-refractivity contribution in [3.8, 4) is 0 Å². The van der Waals surface area contributed by atoms with Crippen LogP contribution in [0.1, 0.15) is 10.4 Å². The van der Waals surface area contributed by atoms with Gasteiger partial charge < -0.3 is 5.11 Å². The van der Waals surface area contributed by atoms with Crippen LogP contribution in [0.3, 0.4) is 0 Å². The van der Waals surface area contributed by atoms with Gasteiger partial charge in [-0.2, -0.15) is 0 Å². The van der Waals surface area contributed by atoms with Gasteiger partial charge in [0.15, 0.2) is 0 Å². The van der Waals surface area contributed by atoms with E-state index in [0.29, 0.717) is 0 Å². The predicted octanol–water partition coefficient (Wildman–Crippen LogP) is 1.98. The molecular formula is C8H6FNO3S. The van der Waals surface area contributed by atoms with Crippen LogP contribution in [0.5, 0.6) is 0 Å². The first kappa shape index (κ1) is 10.5. The van der Waals surface area contributed by atoms with E-state index in [2.05, 4.69) is 12.6 Å². The highest BCUT2D eigenvalue weighted by atomic mass is 32.1. The average molecular weight is 215 g/mol. The fourth-order valence-electron chi connectivity index (χ4n) is 0.847. The van der Waals surface area contributed by atoms with E-state index in [0.717, 1.165) is 0 Å². The molecule has 0 aliphatic carbocycles. The summed E-state index contributed by atoms with van der Waals surface area (Å²) >= 11 is 3.89. The summed E-state index contributed by atoms with van der Waals surface area (Å²) in [5.74, 6) is -1.25. The molecular weight excluding hydrogens is 209 g/mol. The molecule has 6 heteroatoms. The number of amides is 2. The Morgan fingerprint density at radius 1 is 1.36 bits per heavy atom. The van der Waals surface area contributed by atoms with Gasteiger partial charge in [0.25, 0.3) is 5.91 Å². The molecule has 4 nitrogen and oxygen atoms in total. The highest BCUT2D eigenvalue weighted by Crippen LogP contribution is 2.15. The average Bonchev–Trinajstić information content (AvgIpc) is 2.16. The van der Waals surface area contributed by atoms with Crippen molar-refractivity contribution in [1.82, 2.24) is 5.12 Å². The van der Waals surface area contributed by atoms with Crippen LogP contribution in [0.25, 0.3) is 0 Å². The van der Waals surface area contributed by atoms with E-state index in [1.807, 2.05) is 0 Å². The Bertz CT molecular complexity index is 383. The molecule has 0 fully saturated rings. The minimum Gasteiger partial charge on any atom is -0.463 e. The number of imide groups is 1. The Labute approximate surface area is 84.3 Å². The van der Waals surface area contributed by atoms with Gasteiger partial charge in [-0.15, -0.1) is 12.6 Å². The van der Waals surface area contributed by atoms with Crippen molar-refractivity contribution < 1.29 is 19.2 Å². The van der Waals surface area contributed by atoms with Crippen molar-refractivity contribution in [2.45, 2.75) is 4.90 Å². The Morgan fingerprint density at radius 3 is 2.43 bits per heavy atom. The number of carbonyl (C=O) groups is 2. The molecule has 1 rings (SSSR count). The van der Waals surface area contributed by atoms with Crippen molar-refractivity contribution in [1.29, 1.82) is 0 Å². The quantitative estimate of drug-likeness (QED) is 0.556. The summed E-state index contributed by atoms with van der Waals surface area (Å²) in [4.78, 5) is 21.5. The highest BCUT2D eigenvalue weighted by Gasteiger charge is 2.23. The van der Waals surface area contributed by atoms with Crippen LogP contribution in [0.4, 0.5) is 9.28 Å². The number of carboxylic acid groups (broad SMARTS) is 1. The third kappa shape index (κ3) is 2.02. The van der Waals surface area contributed by atoms with Crippen LogP contribution >= 0.6 is 12.6 Å². The van der Waals surface area contributed by atoms with Crippen LogP contribution in [-0.2, 0) is 0 Å². The molecule has 14 heavy (non-hydrogen) atoms. The van der Waals surface area contributed by atoms with Gasteiger partial charge in [0.05, 0.1) is 5.56 Å². The van der Waals surface area contributed by atoms with Gasteiger partial charge in [0.1, 0.15) is 0 Å². The number of thiol groups is 1. The van der Waals surface area contributed by atoms with E-state index in [4.69, 9.17) is 5.11 Å². The number of nitrogens with zero attached hydrogens (tertiary/aromatic N) is 1. The number of carbonyl (C=O) groups excluding carboxylic acids is 1. The second-order valence-electron chi connectivity index (χ2n) is 2.39. The number of benzene rings is 1. The third-order valence-corrected chi connectivity index (χ3v) is 1.87. The topological polar surface area (TPSA) is 57.6 Å². The normalized spacial score (nSPS) is 9.57. The second-order valence-corrected chi connectivity index (χ2v) is 2.87. The van der Waals surface area contributed by atoms with Gasteiger partial charge in [-0.25, -0.2) is 4.79 Å². The van der Waals surface area contributed by atoms with Crippen molar-refractivity contribution in [3.63, 3.8) is 0 Å². The van der Waals surface area contributed by atoms with E-state index >= 15 is 0 Å². The van der Waals surface area contributed by atoms with Crippen LogP contribution in [0, 0.1) is 0 Å². The van der Waals surface area contributed by atoms with Crippen LogP contribution < -0.4 is 0 Å². The molecule has 2 amide bonds. The van der Waals surface area contributed by atoms with Crippen LogP contribution in [-0.4, -0.2) is 22.2 Å². The third-order valence-electron chi connectivity index (χ3n) is 1.48. The van der Waals surface area contributed by atoms with Gasteiger partial charge in [0, 0.05) is 4.90 Å². The number of rotatable bonds is 1. The molecule has 0 bridgehead atoms. The lowest BCUT2D eigenvalue weighted by molar-refractivity contribution is 0.0244. The fourth-order valence-corrected chi connectivity index (χ4v) is 1.10. The molecule has 0 atom stereocenters. The minimum atomic E-state index is -1.95. The fraction of sp³-hybridized carbons (Fsp3) is 0. The van der Waals surface area contributed by atoms with Crippen LogP contribution in [0.2, 0.25) is 0 Å². The Balaban J connectivity index is 3.01. The van der Waals surface area contributed by atoms with E-state index in [1.54, 1.807) is 6.07 Å². The van der Waals surface area contributed by atoms with E-state index in [9.17, 15) is 14.1 Å². The first-order valence-electron chi connectivity index (χ1n) is 3.55. The summed E-state index contributed by atoms with van der Waals surface area (Å²) in [5.41, 5.74) is -0.0965. The van der Waals surface area contributed by atoms with Crippen molar-refractivity contribution in [3.05, 3.63) is 29.8 Å². The molecule has 74 valence electrons. The zero-order valence-corrected chi connectivity index (χ0v) is 7.74. The summed E-state index contributed by atoms with van der Waals surface area (Å²) in [5, 5.41) is 7.33. The summed E-state index contributed by atoms with van der Waals surface area (Å²) in [6, 6.07) is 5.84. The Kier molecular flexibility index (Phi) is 3.08. The summed E-state index contributed by atoms with van der Waals surface area (Å²) in [6.45, 7) is 0. The van der Waals surface area contributed by atoms with Crippen LogP contribution in [0.15, 0.2) is 29.2 Å². The lowest BCUT2D eigenvalue weighted by Gasteiger charge is -2.07. The molecule has 1 aromatic carbocycles. The maximum atomic E-state index is 12.6. The lowest BCUT2D eigenvalue weighted by atomic mass is 10.2.